The molecule has 20 heavy (non-hydrogen) atoms. The number of benzene rings is 2. The van der Waals surface area contributed by atoms with Crippen molar-refractivity contribution in [2.24, 2.45) is 0 Å². The quantitative estimate of drug-likeness (QED) is 0.833. The van der Waals surface area contributed by atoms with Gasteiger partial charge in [-0.15, -0.1) is 0 Å². The molecular weight excluding hydrogens is 296 g/mol. The minimum absolute atomic E-state index is 0.179. The van der Waals surface area contributed by atoms with Crippen LogP contribution < -0.4 is 5.32 Å². The Bertz CT molecular complexity index is 638. The zero-order valence-electron chi connectivity index (χ0n) is 10.8. The highest BCUT2D eigenvalue weighted by molar-refractivity contribution is 6.42. The number of rotatable bonds is 4. The molecule has 1 saturated carbocycles. The molecule has 0 amide bonds. The summed E-state index contributed by atoms with van der Waals surface area (Å²) >= 11 is 11.9. The molecule has 104 valence electrons. The molecule has 2 aromatic rings. The minimum Gasteiger partial charge on any atom is -0.310 e. The van der Waals surface area contributed by atoms with Gasteiger partial charge in [-0.1, -0.05) is 35.3 Å². The predicted octanol–water partition coefficient (Wildman–Crippen LogP) is 5.05. The number of nitrogens with one attached hydrogen (secondary N) is 1. The predicted molar refractivity (Wildman–Crippen MR) is 81.7 cm³/mol. The Morgan fingerprint density at radius 2 is 1.70 bits per heavy atom. The molecule has 1 aliphatic carbocycles. The van der Waals surface area contributed by atoms with Crippen LogP contribution in [0.1, 0.15) is 18.4 Å². The molecule has 2 aromatic carbocycles. The van der Waals surface area contributed by atoms with Gasteiger partial charge in [-0.3, -0.25) is 0 Å². The Kier molecular flexibility index (Phi) is 3.97. The molecule has 1 nitrogen and oxygen atoms in total. The lowest BCUT2D eigenvalue weighted by molar-refractivity contribution is 0.587. The highest BCUT2D eigenvalue weighted by Crippen LogP contribution is 2.29. The Hall–Kier alpha value is -1.09. The molecule has 0 heterocycles. The first-order valence-corrected chi connectivity index (χ1v) is 7.36. The summed E-state index contributed by atoms with van der Waals surface area (Å²) in [4.78, 5) is 0. The summed E-state index contributed by atoms with van der Waals surface area (Å²) in [5, 5.41) is 4.35. The minimum atomic E-state index is -0.179. The van der Waals surface area contributed by atoms with Crippen LogP contribution in [0.3, 0.4) is 0 Å². The molecular formula is C16H14Cl2FN. The summed E-state index contributed by atoms with van der Waals surface area (Å²) in [6, 6.07) is 11.1. The molecule has 4 heteroatoms. The lowest BCUT2D eigenvalue weighted by atomic mass is 10.0. The summed E-state index contributed by atoms with van der Waals surface area (Å²) in [6.07, 6.45) is 2.38. The van der Waals surface area contributed by atoms with E-state index in [1.54, 1.807) is 18.2 Å². The standard InChI is InChI=1S/C16H14Cl2FN/c17-14-5-1-11(8-15(14)18)10-2-6-16(19)12(7-10)9-20-13-3-4-13/h1-2,5-8,13,20H,3-4,9H2. The van der Waals surface area contributed by atoms with Crippen molar-refractivity contribution < 1.29 is 4.39 Å². The molecule has 0 atom stereocenters. The van der Waals surface area contributed by atoms with Crippen molar-refractivity contribution in [3.05, 3.63) is 57.8 Å². The average molecular weight is 310 g/mol. The van der Waals surface area contributed by atoms with Crippen LogP contribution in [0.15, 0.2) is 36.4 Å². The lowest BCUT2D eigenvalue weighted by Crippen LogP contribution is -2.16. The first kappa shape index (κ1) is 13.9. The number of hydrogen-bond acceptors (Lipinski definition) is 1. The molecule has 1 N–H and O–H groups in total. The van der Waals surface area contributed by atoms with Crippen molar-refractivity contribution in [1.29, 1.82) is 0 Å². The monoisotopic (exact) mass is 309 g/mol. The van der Waals surface area contributed by atoms with E-state index in [1.165, 1.54) is 18.9 Å². The second-order valence-corrected chi connectivity index (χ2v) is 5.90. The highest BCUT2D eigenvalue weighted by Gasteiger charge is 2.20. The van der Waals surface area contributed by atoms with E-state index in [4.69, 9.17) is 23.2 Å². The average Bonchev–Trinajstić information content (AvgIpc) is 3.25. The van der Waals surface area contributed by atoms with Crippen LogP contribution in [-0.4, -0.2) is 6.04 Å². The van der Waals surface area contributed by atoms with Crippen molar-refractivity contribution >= 4 is 23.2 Å². The largest absolute Gasteiger partial charge is 0.310 e. The van der Waals surface area contributed by atoms with E-state index in [-0.39, 0.29) is 5.82 Å². The van der Waals surface area contributed by atoms with E-state index in [0.717, 1.165) is 11.1 Å². The summed E-state index contributed by atoms with van der Waals surface area (Å²) in [7, 11) is 0. The van der Waals surface area contributed by atoms with Crippen molar-refractivity contribution in [3.8, 4) is 11.1 Å². The van der Waals surface area contributed by atoms with Crippen molar-refractivity contribution in [2.75, 3.05) is 0 Å². The number of halogens is 3. The third-order valence-electron chi connectivity index (χ3n) is 3.46. The third kappa shape index (κ3) is 3.14. The van der Waals surface area contributed by atoms with Crippen LogP contribution in [-0.2, 0) is 6.54 Å². The van der Waals surface area contributed by atoms with Gasteiger partial charge in [0.05, 0.1) is 10.0 Å². The molecule has 0 saturated heterocycles. The van der Waals surface area contributed by atoms with E-state index in [2.05, 4.69) is 5.32 Å². The fourth-order valence-electron chi connectivity index (χ4n) is 2.11. The lowest BCUT2D eigenvalue weighted by Gasteiger charge is -2.09. The maximum Gasteiger partial charge on any atom is 0.127 e. The molecule has 0 aliphatic heterocycles. The van der Waals surface area contributed by atoms with Crippen LogP contribution in [0.4, 0.5) is 4.39 Å². The van der Waals surface area contributed by atoms with Crippen LogP contribution in [0.25, 0.3) is 11.1 Å². The fraction of sp³-hybridized carbons (Fsp3) is 0.250. The smallest absolute Gasteiger partial charge is 0.127 e. The topological polar surface area (TPSA) is 12.0 Å². The Morgan fingerprint density at radius 1 is 1.00 bits per heavy atom. The fourth-order valence-corrected chi connectivity index (χ4v) is 2.41. The van der Waals surface area contributed by atoms with Crippen LogP contribution in [0, 0.1) is 5.82 Å². The zero-order valence-corrected chi connectivity index (χ0v) is 12.3. The normalized spacial score (nSPS) is 14.6. The van der Waals surface area contributed by atoms with Crippen LogP contribution >= 0.6 is 23.2 Å². The Morgan fingerprint density at radius 3 is 2.40 bits per heavy atom. The second kappa shape index (κ2) is 5.72. The zero-order chi connectivity index (χ0) is 14.1. The molecule has 0 unspecified atom stereocenters. The van der Waals surface area contributed by atoms with E-state index in [1.807, 2.05) is 12.1 Å². The molecule has 1 aliphatic rings. The van der Waals surface area contributed by atoms with Gasteiger partial charge in [0.1, 0.15) is 5.82 Å². The Labute approximate surface area is 127 Å². The number of hydrogen-bond donors (Lipinski definition) is 1. The van der Waals surface area contributed by atoms with Crippen LogP contribution in [0.2, 0.25) is 10.0 Å². The van der Waals surface area contributed by atoms with E-state index in [9.17, 15) is 4.39 Å². The van der Waals surface area contributed by atoms with Crippen molar-refractivity contribution in [1.82, 2.24) is 5.32 Å². The van der Waals surface area contributed by atoms with Gasteiger partial charge in [0.15, 0.2) is 0 Å². The molecule has 0 bridgehead atoms. The van der Waals surface area contributed by atoms with Gasteiger partial charge in [0.25, 0.3) is 0 Å². The van der Waals surface area contributed by atoms with E-state index < -0.39 is 0 Å². The summed E-state index contributed by atoms with van der Waals surface area (Å²) < 4.78 is 13.8. The summed E-state index contributed by atoms with van der Waals surface area (Å²) in [5.41, 5.74) is 2.56. The van der Waals surface area contributed by atoms with Gasteiger partial charge in [0.2, 0.25) is 0 Å². The molecule has 1 fully saturated rings. The van der Waals surface area contributed by atoms with Gasteiger partial charge in [-0.2, -0.15) is 0 Å². The van der Waals surface area contributed by atoms with Crippen molar-refractivity contribution in [3.63, 3.8) is 0 Å². The van der Waals surface area contributed by atoms with E-state index >= 15 is 0 Å². The maximum absolute atomic E-state index is 13.8. The maximum atomic E-state index is 13.8. The van der Waals surface area contributed by atoms with Gasteiger partial charge >= 0.3 is 0 Å². The van der Waals surface area contributed by atoms with Gasteiger partial charge < -0.3 is 5.32 Å². The van der Waals surface area contributed by atoms with Gasteiger partial charge in [-0.25, -0.2) is 4.39 Å². The van der Waals surface area contributed by atoms with Crippen LogP contribution in [0.5, 0.6) is 0 Å². The molecule has 0 aromatic heterocycles. The third-order valence-corrected chi connectivity index (χ3v) is 4.20. The van der Waals surface area contributed by atoms with Crippen molar-refractivity contribution in [2.45, 2.75) is 25.4 Å². The van der Waals surface area contributed by atoms with E-state index in [0.29, 0.717) is 28.2 Å². The molecule has 3 rings (SSSR count). The molecule has 0 radical (unpaired) electrons. The SMILES string of the molecule is Fc1ccc(-c2ccc(Cl)c(Cl)c2)cc1CNC1CC1. The first-order chi connectivity index (χ1) is 9.63. The van der Waals surface area contributed by atoms with Gasteiger partial charge in [-0.05, 0) is 48.2 Å². The first-order valence-electron chi connectivity index (χ1n) is 6.61. The van der Waals surface area contributed by atoms with Gasteiger partial charge in [0, 0.05) is 18.2 Å². The summed E-state index contributed by atoms with van der Waals surface area (Å²) in [5.74, 6) is -0.179. The highest BCUT2D eigenvalue weighted by atomic mass is 35.5. The summed E-state index contributed by atoms with van der Waals surface area (Å²) in [6.45, 7) is 0.561. The second-order valence-electron chi connectivity index (χ2n) is 5.09. The Balaban J connectivity index is 1.88. The molecule has 0 spiro atoms.